The van der Waals surface area contributed by atoms with Crippen LogP contribution in [0.2, 0.25) is 0 Å². The van der Waals surface area contributed by atoms with Crippen LogP contribution in [0.4, 0.5) is 5.82 Å². The summed E-state index contributed by atoms with van der Waals surface area (Å²) < 4.78 is 6.16. The Labute approximate surface area is 199 Å². The number of hydrogen-bond acceptors (Lipinski definition) is 6. The van der Waals surface area contributed by atoms with Crippen molar-refractivity contribution in [2.75, 3.05) is 18.1 Å². The van der Waals surface area contributed by atoms with Crippen molar-refractivity contribution in [2.45, 2.75) is 53.5 Å². The second kappa shape index (κ2) is 7.79. The van der Waals surface area contributed by atoms with Gasteiger partial charge in [0, 0.05) is 35.1 Å². The third kappa shape index (κ3) is 3.79. The molecule has 1 N–H and O–H groups in total. The van der Waals surface area contributed by atoms with Gasteiger partial charge in [0.2, 0.25) is 0 Å². The Bertz CT molecular complexity index is 1410. The van der Waals surface area contributed by atoms with Gasteiger partial charge in [-0.05, 0) is 62.3 Å². The van der Waals surface area contributed by atoms with E-state index in [1.165, 1.54) is 17.7 Å². The lowest BCUT2D eigenvalue weighted by Gasteiger charge is -2.34. The molecule has 0 fully saturated rings. The minimum atomic E-state index is 0.268. The second-order valence-corrected chi connectivity index (χ2v) is 10.4. The minimum Gasteiger partial charge on any atom is -0.491 e. The molecule has 6 rings (SSSR count). The van der Waals surface area contributed by atoms with E-state index < -0.39 is 0 Å². The lowest BCUT2D eigenvalue weighted by Crippen LogP contribution is -2.31. The van der Waals surface area contributed by atoms with Crippen molar-refractivity contribution in [3.05, 3.63) is 58.9 Å². The molecule has 34 heavy (non-hydrogen) atoms. The monoisotopic (exact) mass is 454 g/mol. The topological polar surface area (TPSA) is 79.8 Å². The van der Waals surface area contributed by atoms with Crippen LogP contribution in [0.1, 0.15) is 48.7 Å². The molecule has 0 unspecified atom stereocenters. The molecule has 7 heteroatoms. The summed E-state index contributed by atoms with van der Waals surface area (Å²) in [6.45, 7) is 10.8. The Morgan fingerprint density at radius 2 is 1.94 bits per heavy atom. The molecule has 7 nitrogen and oxygen atoms in total. The van der Waals surface area contributed by atoms with Crippen LogP contribution in [0.5, 0.6) is 5.75 Å². The minimum absolute atomic E-state index is 0.268. The molecule has 0 radical (unpaired) electrons. The van der Waals surface area contributed by atoms with E-state index in [4.69, 9.17) is 14.7 Å². The number of nitrogens with zero attached hydrogens (tertiary/aromatic N) is 5. The summed E-state index contributed by atoms with van der Waals surface area (Å²) in [4.78, 5) is 24.4. The highest BCUT2D eigenvalue weighted by Gasteiger charge is 2.31. The summed E-state index contributed by atoms with van der Waals surface area (Å²) in [6, 6.07) is 8.54. The van der Waals surface area contributed by atoms with Gasteiger partial charge in [-0.15, -0.1) is 0 Å². The van der Waals surface area contributed by atoms with E-state index in [1.54, 1.807) is 0 Å². The summed E-state index contributed by atoms with van der Waals surface area (Å²) >= 11 is 0. The highest BCUT2D eigenvalue weighted by atomic mass is 16.5. The van der Waals surface area contributed by atoms with Crippen LogP contribution in [-0.2, 0) is 19.4 Å². The Balaban J connectivity index is 1.38. The molecule has 2 aliphatic rings. The average molecular weight is 455 g/mol. The summed E-state index contributed by atoms with van der Waals surface area (Å²) in [5.74, 6) is 3.74. The highest BCUT2D eigenvalue weighted by Crippen LogP contribution is 2.39. The first kappa shape index (κ1) is 21.1. The zero-order valence-electron chi connectivity index (χ0n) is 20.3. The molecular formula is C27H30N6O. The number of pyridine rings is 1. The van der Waals surface area contributed by atoms with Gasteiger partial charge >= 0.3 is 0 Å². The second-order valence-electron chi connectivity index (χ2n) is 10.4. The first-order chi connectivity index (χ1) is 16.3. The Morgan fingerprint density at radius 1 is 1.06 bits per heavy atom. The largest absolute Gasteiger partial charge is 0.491 e. The Kier molecular flexibility index (Phi) is 4.83. The number of fused-ring (bicyclic) bond motifs is 3. The molecule has 3 aromatic heterocycles. The Morgan fingerprint density at radius 3 is 2.82 bits per heavy atom. The average Bonchev–Trinajstić information content (AvgIpc) is 3.04. The fraction of sp³-hybridized carbons (Fsp3) is 0.407. The first-order valence-electron chi connectivity index (χ1n) is 12.0. The third-order valence-electron chi connectivity index (χ3n) is 7.01. The molecule has 4 aromatic rings. The molecule has 0 amide bonds. The predicted molar refractivity (Wildman–Crippen MR) is 133 cm³/mol. The van der Waals surface area contributed by atoms with E-state index in [1.807, 2.05) is 20.0 Å². The van der Waals surface area contributed by atoms with Gasteiger partial charge in [0.05, 0.1) is 12.1 Å². The van der Waals surface area contributed by atoms with Crippen molar-refractivity contribution in [2.24, 2.45) is 5.41 Å². The van der Waals surface area contributed by atoms with Crippen LogP contribution in [0.3, 0.4) is 0 Å². The van der Waals surface area contributed by atoms with Crippen LogP contribution in [0, 0.1) is 19.3 Å². The van der Waals surface area contributed by atoms with Crippen molar-refractivity contribution < 1.29 is 4.74 Å². The molecule has 1 aliphatic carbocycles. The van der Waals surface area contributed by atoms with Crippen molar-refractivity contribution in [3.63, 3.8) is 0 Å². The number of aromatic amines is 1. The number of rotatable bonds is 2. The van der Waals surface area contributed by atoms with E-state index in [9.17, 15) is 0 Å². The number of aromatic nitrogens is 5. The van der Waals surface area contributed by atoms with Crippen LogP contribution in [0.15, 0.2) is 30.5 Å². The normalized spacial score (nSPS) is 17.1. The van der Waals surface area contributed by atoms with Crippen molar-refractivity contribution in [3.8, 4) is 16.9 Å². The summed E-state index contributed by atoms with van der Waals surface area (Å²) in [5, 5.41) is 0. The fourth-order valence-electron chi connectivity index (χ4n) is 5.24. The summed E-state index contributed by atoms with van der Waals surface area (Å²) in [5.41, 5.74) is 7.84. The van der Waals surface area contributed by atoms with E-state index in [0.29, 0.717) is 6.61 Å². The van der Waals surface area contributed by atoms with E-state index in [-0.39, 0.29) is 5.41 Å². The number of aryl methyl sites for hydroxylation is 3. The van der Waals surface area contributed by atoms with Crippen LogP contribution >= 0.6 is 0 Å². The van der Waals surface area contributed by atoms with E-state index >= 15 is 0 Å². The smallest absolute Gasteiger partial charge is 0.177 e. The van der Waals surface area contributed by atoms with Gasteiger partial charge in [0.15, 0.2) is 5.65 Å². The maximum atomic E-state index is 6.16. The van der Waals surface area contributed by atoms with Gasteiger partial charge in [-0.2, -0.15) is 0 Å². The third-order valence-corrected chi connectivity index (χ3v) is 7.01. The van der Waals surface area contributed by atoms with Crippen LogP contribution in [0.25, 0.3) is 22.3 Å². The number of anilines is 1. The zero-order chi connectivity index (χ0) is 23.4. The molecular weight excluding hydrogens is 424 g/mol. The quantitative estimate of drug-likeness (QED) is 0.462. The maximum absolute atomic E-state index is 6.16. The molecule has 1 aliphatic heterocycles. The van der Waals surface area contributed by atoms with Crippen molar-refractivity contribution in [1.82, 2.24) is 24.9 Å². The first-order valence-corrected chi connectivity index (χ1v) is 12.0. The number of hydrogen-bond donors (Lipinski definition) is 1. The molecule has 174 valence electrons. The van der Waals surface area contributed by atoms with Gasteiger partial charge in [0.25, 0.3) is 0 Å². The van der Waals surface area contributed by atoms with Crippen molar-refractivity contribution >= 4 is 17.0 Å². The summed E-state index contributed by atoms with van der Waals surface area (Å²) in [6.07, 6.45) is 5.09. The number of benzene rings is 1. The SMILES string of the molecule is Cc1nc2c(c(N3CCOc4ccc(-c5cnc6nc(C)[nH]c6c5)cc4C3)n1)CC(C)(C)CC2. The Hall–Kier alpha value is -3.48. The molecule has 0 spiro atoms. The molecule has 4 heterocycles. The van der Waals surface area contributed by atoms with Gasteiger partial charge in [-0.1, -0.05) is 19.9 Å². The van der Waals surface area contributed by atoms with E-state index in [0.717, 1.165) is 77.0 Å². The highest BCUT2D eigenvalue weighted by molar-refractivity contribution is 5.78. The maximum Gasteiger partial charge on any atom is 0.177 e. The van der Waals surface area contributed by atoms with Gasteiger partial charge in [0.1, 0.15) is 29.8 Å². The molecule has 0 atom stereocenters. The number of imidazole rings is 1. The van der Waals surface area contributed by atoms with Gasteiger partial charge in [-0.25, -0.2) is 19.9 Å². The van der Waals surface area contributed by atoms with Crippen molar-refractivity contribution in [1.29, 1.82) is 0 Å². The molecule has 0 saturated heterocycles. The lowest BCUT2D eigenvalue weighted by molar-refractivity contribution is 0.310. The van der Waals surface area contributed by atoms with Crippen LogP contribution in [-0.4, -0.2) is 38.1 Å². The van der Waals surface area contributed by atoms with E-state index in [2.05, 4.69) is 58.0 Å². The molecule has 0 bridgehead atoms. The molecule has 0 saturated carbocycles. The van der Waals surface area contributed by atoms with Gasteiger partial charge < -0.3 is 14.6 Å². The predicted octanol–water partition coefficient (Wildman–Crippen LogP) is 4.95. The standard InChI is InChI=1S/C27H30N6O/c1-16-30-23-12-19(14-28-25(23)31-16)18-5-6-24-20(11-18)15-33(9-10-34-24)26-21-13-27(3,4)8-7-22(21)29-17(2)32-26/h5-6,11-12,14H,7-10,13,15H2,1-4H3,(H,28,30,31). The van der Waals surface area contributed by atoms with Crippen LogP contribution < -0.4 is 9.64 Å². The fourth-order valence-corrected chi connectivity index (χ4v) is 5.24. The molecule has 1 aromatic carbocycles. The number of ether oxygens (including phenoxy) is 1. The number of nitrogens with one attached hydrogen (secondary N) is 1. The lowest BCUT2D eigenvalue weighted by atomic mass is 9.76. The summed E-state index contributed by atoms with van der Waals surface area (Å²) in [7, 11) is 0. The number of H-pyrrole nitrogens is 1. The zero-order valence-corrected chi connectivity index (χ0v) is 20.3. The van der Waals surface area contributed by atoms with Gasteiger partial charge in [-0.3, -0.25) is 0 Å².